The molecule has 1 unspecified atom stereocenters. The number of hydrogen-bond donors (Lipinski definition) is 0. The van der Waals surface area contributed by atoms with Crippen molar-refractivity contribution in [3.05, 3.63) is 71.1 Å². The summed E-state index contributed by atoms with van der Waals surface area (Å²) in [5.41, 5.74) is 7.08. The molecule has 154 valence electrons. The first kappa shape index (κ1) is 21.6. The molecule has 1 fully saturated rings. The molecule has 2 aromatic rings. The van der Waals surface area contributed by atoms with Gasteiger partial charge in [0.15, 0.2) is 0 Å². The molecule has 4 nitrogen and oxygen atoms in total. The van der Waals surface area contributed by atoms with Gasteiger partial charge in [0.2, 0.25) is 0 Å². The maximum atomic E-state index is 11.4. The molecule has 0 aliphatic carbocycles. The zero-order valence-corrected chi connectivity index (χ0v) is 18.5. The highest BCUT2D eigenvalue weighted by Crippen LogP contribution is 2.29. The lowest BCUT2D eigenvalue weighted by atomic mass is 9.89. The molecule has 1 aromatic heterocycles. The predicted molar refractivity (Wildman–Crippen MR) is 123 cm³/mol. The van der Waals surface area contributed by atoms with Gasteiger partial charge in [0, 0.05) is 42.3 Å². The fourth-order valence-corrected chi connectivity index (χ4v) is 4.40. The number of rotatable bonds is 7. The fourth-order valence-electron chi connectivity index (χ4n) is 4.14. The van der Waals surface area contributed by atoms with Crippen LogP contribution in [-0.4, -0.2) is 40.0 Å². The van der Waals surface area contributed by atoms with Gasteiger partial charge in [-0.05, 0) is 68.2 Å². The van der Waals surface area contributed by atoms with Crippen molar-refractivity contribution >= 4 is 23.3 Å². The summed E-state index contributed by atoms with van der Waals surface area (Å²) in [5, 5.41) is 0. The number of benzene rings is 1. The number of pyridine rings is 1. The van der Waals surface area contributed by atoms with Crippen LogP contribution in [0.25, 0.3) is 5.70 Å². The second-order valence-corrected chi connectivity index (χ2v) is 8.99. The van der Waals surface area contributed by atoms with Crippen molar-refractivity contribution in [3.63, 3.8) is 0 Å². The number of nitrogens with zero attached hydrogens (tertiary/aromatic N) is 3. The van der Waals surface area contributed by atoms with Gasteiger partial charge in [-0.1, -0.05) is 29.2 Å². The molecule has 1 aliphatic rings. The molecule has 0 radical (unpaired) electrons. The minimum absolute atomic E-state index is 0.647. The normalized spacial score (nSPS) is 18.2. The second kappa shape index (κ2) is 10.1. The van der Waals surface area contributed by atoms with Crippen LogP contribution in [0.15, 0.2) is 47.6 Å². The third-order valence-electron chi connectivity index (χ3n) is 5.80. The molecule has 1 saturated heterocycles. The lowest BCUT2D eigenvalue weighted by Gasteiger charge is -2.36. The van der Waals surface area contributed by atoms with E-state index in [-0.39, 0.29) is 0 Å². The molecule has 29 heavy (non-hydrogen) atoms. The number of piperidine rings is 1. The monoisotopic (exact) mass is 409 g/mol. The highest BCUT2D eigenvalue weighted by atomic mass is 32.2. The smallest absolute Gasteiger partial charge is 0.123 e. The van der Waals surface area contributed by atoms with E-state index in [0.29, 0.717) is 5.92 Å². The Kier molecular flexibility index (Phi) is 7.51. The summed E-state index contributed by atoms with van der Waals surface area (Å²) in [5.74, 6) is 0.647. The van der Waals surface area contributed by atoms with Crippen LogP contribution in [0.3, 0.4) is 0 Å². The van der Waals surface area contributed by atoms with Crippen LogP contribution >= 0.6 is 0 Å². The average Bonchev–Trinajstić information content (AvgIpc) is 2.71. The largest absolute Gasteiger partial charge is 0.592 e. The van der Waals surface area contributed by atoms with Gasteiger partial charge in [-0.3, -0.25) is 4.98 Å². The van der Waals surface area contributed by atoms with Crippen molar-refractivity contribution in [3.8, 4) is 0 Å². The van der Waals surface area contributed by atoms with Gasteiger partial charge in [0.05, 0.1) is 17.6 Å². The first-order valence-electron chi connectivity index (χ1n) is 10.3. The highest BCUT2D eigenvalue weighted by Gasteiger charge is 2.22. The van der Waals surface area contributed by atoms with Crippen LogP contribution in [0.1, 0.15) is 47.1 Å². The van der Waals surface area contributed by atoms with Crippen molar-refractivity contribution < 1.29 is 4.55 Å². The standard InChI is InChI=1S/C24H31N3OS/c1-18-7-5-9-22(24(18)16-26-29(4)28)11-10-21-8-6-14-27(17-21)20(3)23-12-13-25-15-19(23)2/h5,7,9,12-13,15-16,21H,3,6,8,10-11,14,17H2,1-2,4H3/b26-16-/t21-,29?/m1/s1. The molecule has 3 rings (SSSR count). The Morgan fingerprint density at radius 2 is 2.17 bits per heavy atom. The summed E-state index contributed by atoms with van der Waals surface area (Å²) in [7, 11) is 0. The Balaban J connectivity index is 1.65. The average molecular weight is 410 g/mol. The molecule has 5 heteroatoms. The molecular formula is C24H31N3OS. The molecule has 0 spiro atoms. The highest BCUT2D eigenvalue weighted by molar-refractivity contribution is 7.89. The topological polar surface area (TPSA) is 51.5 Å². The van der Waals surface area contributed by atoms with Gasteiger partial charge in [0.1, 0.15) is 6.26 Å². The summed E-state index contributed by atoms with van der Waals surface area (Å²) in [6, 6.07) is 8.43. The number of likely N-dealkylation sites (tertiary alicyclic amines) is 1. The maximum absolute atomic E-state index is 11.4. The summed E-state index contributed by atoms with van der Waals surface area (Å²) in [6.45, 7) is 10.7. The van der Waals surface area contributed by atoms with Crippen LogP contribution in [0, 0.1) is 19.8 Å². The van der Waals surface area contributed by atoms with Gasteiger partial charge < -0.3 is 9.45 Å². The molecule has 1 aliphatic heterocycles. The Labute approximate surface area is 178 Å². The van der Waals surface area contributed by atoms with Crippen molar-refractivity contribution in [1.29, 1.82) is 0 Å². The van der Waals surface area contributed by atoms with E-state index in [9.17, 15) is 4.55 Å². The number of aromatic nitrogens is 1. The molecule has 2 atom stereocenters. The zero-order chi connectivity index (χ0) is 20.8. The first-order valence-corrected chi connectivity index (χ1v) is 11.8. The van der Waals surface area contributed by atoms with E-state index in [0.717, 1.165) is 37.2 Å². The van der Waals surface area contributed by atoms with Crippen LogP contribution in [0.5, 0.6) is 0 Å². The van der Waals surface area contributed by atoms with Crippen LogP contribution in [0.2, 0.25) is 0 Å². The van der Waals surface area contributed by atoms with Gasteiger partial charge in [-0.25, -0.2) is 0 Å². The van der Waals surface area contributed by atoms with E-state index in [1.165, 1.54) is 35.1 Å². The van der Waals surface area contributed by atoms with E-state index >= 15 is 0 Å². The number of aryl methyl sites for hydroxylation is 3. The fraction of sp³-hybridized carbons (Fsp3) is 0.417. The minimum atomic E-state index is -1.17. The molecule has 0 bridgehead atoms. The van der Waals surface area contributed by atoms with Gasteiger partial charge in [-0.15, -0.1) is 0 Å². The SMILES string of the molecule is C=C(c1ccncc1C)N1CCC[C@H](CCc2cccc(C)c2/C=N\[S+](C)[O-])C1. The molecule has 0 N–H and O–H groups in total. The third-order valence-corrected chi connectivity index (χ3v) is 6.20. The van der Waals surface area contributed by atoms with E-state index in [4.69, 9.17) is 0 Å². The van der Waals surface area contributed by atoms with Crippen LogP contribution < -0.4 is 0 Å². The van der Waals surface area contributed by atoms with Gasteiger partial charge in [-0.2, -0.15) is 0 Å². The quantitative estimate of drug-likeness (QED) is 0.491. The Hall–Kier alpha value is -2.11. The van der Waals surface area contributed by atoms with Gasteiger partial charge >= 0.3 is 0 Å². The Morgan fingerprint density at radius 3 is 2.93 bits per heavy atom. The van der Waals surface area contributed by atoms with Crippen LogP contribution in [-0.2, 0) is 17.8 Å². The Bertz CT molecular complexity index is 878. The zero-order valence-electron chi connectivity index (χ0n) is 17.7. The first-order chi connectivity index (χ1) is 14.0. The summed E-state index contributed by atoms with van der Waals surface area (Å²) < 4.78 is 15.5. The second-order valence-electron chi connectivity index (χ2n) is 7.94. The maximum Gasteiger partial charge on any atom is 0.123 e. The van der Waals surface area contributed by atoms with Crippen molar-refractivity contribution in [2.45, 2.75) is 39.5 Å². The van der Waals surface area contributed by atoms with Crippen LogP contribution in [0.4, 0.5) is 0 Å². The number of hydrogen-bond acceptors (Lipinski definition) is 4. The predicted octanol–water partition coefficient (Wildman–Crippen LogP) is 4.73. The van der Waals surface area contributed by atoms with Crippen molar-refractivity contribution in [1.82, 2.24) is 9.88 Å². The summed E-state index contributed by atoms with van der Waals surface area (Å²) in [4.78, 5) is 6.64. The Morgan fingerprint density at radius 1 is 1.34 bits per heavy atom. The summed E-state index contributed by atoms with van der Waals surface area (Å²) in [6.07, 6.45) is 11.7. The van der Waals surface area contributed by atoms with Crippen molar-refractivity contribution in [2.24, 2.45) is 10.3 Å². The third kappa shape index (κ3) is 5.71. The lowest BCUT2D eigenvalue weighted by molar-refractivity contribution is 0.237. The summed E-state index contributed by atoms with van der Waals surface area (Å²) >= 11 is -1.17. The van der Waals surface area contributed by atoms with E-state index in [1.54, 1.807) is 12.5 Å². The van der Waals surface area contributed by atoms with Crippen molar-refractivity contribution in [2.75, 3.05) is 19.3 Å². The molecule has 0 amide bonds. The van der Waals surface area contributed by atoms with E-state index < -0.39 is 11.4 Å². The van der Waals surface area contributed by atoms with Gasteiger partial charge in [0.25, 0.3) is 0 Å². The molecular weight excluding hydrogens is 378 g/mol. The van der Waals surface area contributed by atoms with E-state index in [2.05, 4.69) is 59.0 Å². The van der Waals surface area contributed by atoms with E-state index in [1.807, 2.05) is 12.4 Å². The minimum Gasteiger partial charge on any atom is -0.592 e. The molecule has 1 aromatic carbocycles. The lowest BCUT2D eigenvalue weighted by Crippen LogP contribution is -2.34. The molecule has 0 saturated carbocycles. The molecule has 2 heterocycles.